The molecule has 0 bridgehead atoms. The Kier molecular flexibility index (Phi) is 33.2. The number of aliphatic hydroxyl groups excluding tert-OH is 6. The highest BCUT2D eigenvalue weighted by Crippen LogP contribution is 2.43. The van der Waals surface area contributed by atoms with Crippen molar-refractivity contribution in [3.63, 3.8) is 0 Å². The third-order valence-electron chi connectivity index (χ3n) is 22.2. The van der Waals surface area contributed by atoms with E-state index in [1.54, 1.807) is 115 Å². The molecule has 0 spiro atoms. The van der Waals surface area contributed by atoms with Crippen LogP contribution in [0, 0.1) is 23.3 Å². The quantitative estimate of drug-likeness (QED) is 0.0225. The van der Waals surface area contributed by atoms with Gasteiger partial charge in [-0.3, -0.25) is 19.2 Å². The summed E-state index contributed by atoms with van der Waals surface area (Å²) in [5.74, 6) is -1.75. The molecule has 20 atom stereocenters. The van der Waals surface area contributed by atoms with E-state index in [0.717, 1.165) is 44.5 Å². The summed E-state index contributed by atoms with van der Waals surface area (Å²) >= 11 is 0. The second-order valence-electron chi connectivity index (χ2n) is 33.0. The number of fused-ring (bicyclic) bond motifs is 2. The average Bonchev–Trinajstić information content (AvgIpc) is 1.61. The number of halogens is 4. The van der Waals surface area contributed by atoms with Gasteiger partial charge in [-0.2, -0.15) is 0 Å². The molecule has 4 amide bonds. The summed E-state index contributed by atoms with van der Waals surface area (Å²) in [4.78, 5) is 44.9. The van der Waals surface area contributed by atoms with E-state index < -0.39 is 116 Å². The maximum absolute atomic E-state index is 14.0. The lowest BCUT2D eigenvalue weighted by Gasteiger charge is -2.40. The highest BCUT2D eigenvalue weighted by atomic mass is 19.1. The molecule has 128 heavy (non-hydrogen) atoms. The lowest BCUT2D eigenvalue weighted by Crippen LogP contribution is -2.58. The molecule has 6 aliphatic heterocycles. The van der Waals surface area contributed by atoms with Crippen LogP contribution in [0.25, 0.3) is 44.5 Å². The number of methoxy groups -OCH3 is 2. The van der Waals surface area contributed by atoms with Crippen LogP contribution < -0.4 is 40.2 Å². The number of hydrogen-bond donors (Lipinski definition) is 10. The van der Waals surface area contributed by atoms with E-state index in [-0.39, 0.29) is 68.1 Å². The molecule has 32 heteroatoms. The number of benzene rings is 8. The van der Waals surface area contributed by atoms with Gasteiger partial charge in [-0.1, -0.05) is 72.8 Å². The first-order valence-corrected chi connectivity index (χ1v) is 42.5. The molecule has 0 radical (unpaired) electrons. The summed E-state index contributed by atoms with van der Waals surface area (Å²) < 4.78 is 158. The first-order chi connectivity index (χ1) is 62.8. The van der Waals surface area contributed by atoms with Crippen LogP contribution >= 0.6 is 0 Å². The van der Waals surface area contributed by atoms with E-state index in [1.165, 1.54) is 83.3 Å². The van der Waals surface area contributed by atoms with E-state index in [2.05, 4.69) is 21.3 Å². The molecule has 28 nitrogen and oxygen atoms in total. The first kappa shape index (κ1) is 95.5. The summed E-state index contributed by atoms with van der Waals surface area (Å²) in [5, 5.41) is 72.2. The van der Waals surface area contributed by atoms with Crippen LogP contribution in [0.3, 0.4) is 0 Å². The molecule has 6 heterocycles. The Hall–Kier alpha value is -10.1. The molecule has 8 aromatic carbocycles. The Bertz CT molecular complexity index is 5110. The molecule has 6 fully saturated rings. The maximum atomic E-state index is 14.0. The van der Waals surface area contributed by atoms with Crippen LogP contribution in [0.15, 0.2) is 170 Å². The van der Waals surface area contributed by atoms with Crippen LogP contribution in [0.1, 0.15) is 114 Å². The van der Waals surface area contributed by atoms with Crippen molar-refractivity contribution >= 4 is 23.6 Å². The van der Waals surface area contributed by atoms with E-state index >= 15 is 0 Å². The van der Waals surface area contributed by atoms with Gasteiger partial charge in [0.2, 0.25) is 48.8 Å². The predicted molar refractivity (Wildman–Crippen MR) is 470 cm³/mol. The molecule has 0 saturated carbocycles. The molecule has 6 saturated heterocycles. The van der Waals surface area contributed by atoms with Gasteiger partial charge in [0.25, 0.3) is 0 Å². The fourth-order valence-corrected chi connectivity index (χ4v) is 16.0. The maximum Gasteiger partial charge on any atom is 0.229 e. The number of rotatable bonds is 26. The fourth-order valence-electron chi connectivity index (χ4n) is 16.0. The average molecular weight is 1810 g/mol. The van der Waals surface area contributed by atoms with Crippen LogP contribution in [-0.2, 0) is 92.2 Å². The molecule has 10 N–H and O–H groups in total. The Morgan fingerprint density at radius 2 is 0.617 bits per heavy atom. The van der Waals surface area contributed by atoms with Crippen molar-refractivity contribution in [2.45, 2.75) is 243 Å². The van der Waals surface area contributed by atoms with Gasteiger partial charge in [-0.25, -0.2) is 17.6 Å². The number of aliphatic hydroxyl groups is 6. The highest BCUT2D eigenvalue weighted by Gasteiger charge is 2.57. The molecule has 0 aliphatic carbocycles. The van der Waals surface area contributed by atoms with E-state index in [1.807, 2.05) is 69.3 Å². The smallest absolute Gasteiger partial charge is 0.229 e. The molecule has 14 rings (SSSR count). The standard InChI is InChI=1S/C26H32FNO6.C25H30FNO6.C23H28FNO6.C22H26FNO6.4H2/c1-15-22(30-5)23-24(34-26(3,4)33-23)25(31-15)32-20-10-9-17(11-12-28-16(2)29)21(14-20)18-7-6-8-19(27)13-18;1-14-21(29)22-23(33-25(3,4)32-22)24(30-14)31-19-9-8-16(10-11-27-15(2)28)20(13-19)17-6-5-7-18(26)12-17;1-13-22(29-3)20(27)21(28)23(30-13)31-18-8-7-15(9-10-25-14(2)26)19(12-18)16-5-4-6-17(24)11-16;1-12-19(26)20(27)21(28)22(29-12)30-17-7-6-14(8-9-24-13(2)25)18(11-17)15-4-3-5-16(23)10-15;;;;/h6-10,13-15,22-25H,11-12H2,1-5H3,(H,28,29);5-9,12-14,21-24,29H,10-11H2,1-4H3,(H,27,28);4-8,11-13,20-23,27-28H,9-10H2,1-3H3,(H,25,26);3-7,10-12,19-22,26-28H,8-9H2,1-2H3,(H,24,25);4*1H/t15-,22-,23+,24+,25-;14-,21-,22+,23+,24-;13-,20-,21+,22-,23-;12-,19-,20+,21+,22-;;;;/m0000..../s1/i;;;;2*1+2T;2*1+2. The van der Waals surface area contributed by atoms with Gasteiger partial charge < -0.3 is 118 Å². The number of nitrogens with one attached hydrogen (secondary N) is 4. The normalized spacial score (nSPS) is 27.2. The monoisotopic (exact) mass is 1800 g/mol. The minimum atomic E-state index is -1.44. The Morgan fingerprint density at radius 1 is 0.344 bits per heavy atom. The zero-order chi connectivity index (χ0) is 96.6. The van der Waals surface area contributed by atoms with Crippen molar-refractivity contribution in [2.24, 2.45) is 0 Å². The SMILES string of the molecule is CC(=O)NCCc1ccc(O[C@@H]2O[C@@H](C)[C@H](O)[C@@H](O)[C@H]2O)cc1-c1cccc(F)c1.CC(=O)NCCc1ccc(O[C@@H]2O[C@@H](C)[C@H](O)[C@H]3OC(C)(C)O[C@@H]23)cc1-c1cccc(F)c1.CO[C@@H]1[C@@H](O)[C@@H](O)[C@H](Oc2ccc(CCNC(C)=O)c(-c3cccc(F)c3)c2)O[C@H]1C.CO[C@@H]1[C@H]2OC(C)(C)O[C@H]2[C@H](Oc2ccc(CCNC(C)=O)c(-c3cccc(F)c3)c2)O[C@H]1C.[3HH].[3HH].[3H][3H].[3H][3H]. The van der Waals surface area contributed by atoms with Crippen molar-refractivity contribution in [1.29, 1.82) is 0 Å². The summed E-state index contributed by atoms with van der Waals surface area (Å²) in [7, 11) is 3.06. The van der Waals surface area contributed by atoms with Gasteiger partial charge in [0, 0.05) is 76.9 Å². The van der Waals surface area contributed by atoms with Gasteiger partial charge >= 0.3 is 0 Å². The van der Waals surface area contributed by atoms with Crippen molar-refractivity contribution in [3.8, 4) is 67.5 Å². The zero-order valence-corrected chi connectivity index (χ0v) is 73.9. The highest BCUT2D eigenvalue weighted by molar-refractivity contribution is 5.76. The zero-order valence-electron chi connectivity index (χ0n) is 77.9. The number of ether oxygens (including phenoxy) is 14. The van der Waals surface area contributed by atoms with Crippen LogP contribution in [0.5, 0.6) is 23.0 Å². The fraction of sp³-hybridized carbons (Fsp3) is 0.458. The van der Waals surface area contributed by atoms with E-state index in [9.17, 15) is 67.4 Å². The lowest BCUT2D eigenvalue weighted by molar-refractivity contribution is -0.272. The van der Waals surface area contributed by atoms with Crippen molar-refractivity contribution in [3.05, 3.63) is 215 Å². The molecule has 0 aromatic heterocycles. The van der Waals surface area contributed by atoms with Gasteiger partial charge in [-0.15, -0.1) is 0 Å². The van der Waals surface area contributed by atoms with E-state index in [0.29, 0.717) is 97.1 Å². The lowest BCUT2D eigenvalue weighted by atomic mass is 9.97. The molecular formula is C96H124F4N4O24. The van der Waals surface area contributed by atoms with Crippen LogP contribution in [0.4, 0.5) is 17.6 Å². The molecule has 700 valence electrons. The number of hydrogen-bond acceptors (Lipinski definition) is 24. The Balaban J connectivity index is 0.000000240. The van der Waals surface area contributed by atoms with Crippen LogP contribution in [-0.4, -0.2) is 229 Å². The van der Waals surface area contributed by atoms with Gasteiger partial charge in [0.1, 0.15) is 107 Å². The second kappa shape index (κ2) is 44.5. The van der Waals surface area contributed by atoms with Crippen molar-refractivity contribution in [2.75, 3.05) is 40.4 Å². The third-order valence-corrected chi connectivity index (χ3v) is 22.2. The molecule has 8 aromatic rings. The number of carbonyl (C=O) groups excluding carboxylic acids is 4. The minimum Gasteiger partial charge on any atom is -0.462 e. The van der Waals surface area contributed by atoms with Gasteiger partial charge in [0.05, 0.1) is 24.4 Å². The topological polar surface area (TPSA) is 367 Å². The van der Waals surface area contributed by atoms with Crippen LogP contribution in [0.2, 0.25) is 0 Å². The van der Waals surface area contributed by atoms with Crippen molar-refractivity contribution < 1.29 is 142 Å². The predicted octanol–water partition coefficient (Wildman–Crippen LogP) is 11.4. The summed E-state index contributed by atoms with van der Waals surface area (Å²) in [6, 6.07) is 46.6. The van der Waals surface area contributed by atoms with Gasteiger partial charge in [0.15, 0.2) is 23.8 Å². The second-order valence-corrected chi connectivity index (χ2v) is 33.0. The largest absolute Gasteiger partial charge is 0.462 e. The summed E-state index contributed by atoms with van der Waals surface area (Å²) in [6.45, 7) is 21.9. The molecular weight excluding hydrogens is 1670 g/mol. The number of carbonyl (C=O) groups is 4. The first-order valence-electron chi connectivity index (χ1n) is 44.5. The van der Waals surface area contributed by atoms with Gasteiger partial charge in [-0.05, 0) is 245 Å². The molecule has 6 aliphatic rings. The van der Waals surface area contributed by atoms with Crippen molar-refractivity contribution in [1.82, 2.24) is 21.3 Å². The van der Waals surface area contributed by atoms with E-state index in [4.69, 9.17) is 72.3 Å². The Morgan fingerprint density at radius 3 is 0.945 bits per heavy atom. The summed E-state index contributed by atoms with van der Waals surface area (Å²) in [6.07, 6.45) is -13.9. The number of amides is 4. The Labute approximate surface area is 750 Å². The third kappa shape index (κ3) is 26.2. The molecule has 0 unspecified atom stereocenters. The summed E-state index contributed by atoms with van der Waals surface area (Å²) in [5.41, 5.74) is 9.42. The minimum absolute atomic E-state index is 0.